The van der Waals surface area contributed by atoms with E-state index in [9.17, 15) is 14.9 Å². The molecule has 0 bridgehead atoms. The van der Waals surface area contributed by atoms with E-state index in [4.69, 9.17) is 0 Å². The van der Waals surface area contributed by atoms with Gasteiger partial charge in [0.05, 0.1) is 11.6 Å². The molecule has 2 heterocycles. The molecule has 1 aromatic heterocycles. The molecule has 4 amide bonds. The number of benzene rings is 1. The molecule has 0 radical (unpaired) electrons. The van der Waals surface area contributed by atoms with Gasteiger partial charge in [-0.2, -0.15) is 5.26 Å². The third-order valence-electron chi connectivity index (χ3n) is 4.12. The number of rotatable bonds is 3. The first kappa shape index (κ1) is 17.7. The van der Waals surface area contributed by atoms with Crippen molar-refractivity contribution in [2.45, 2.75) is 19.9 Å². The summed E-state index contributed by atoms with van der Waals surface area (Å²) in [5.41, 5.74) is 2.51. The smallest absolute Gasteiger partial charge is 0.330 e. The van der Waals surface area contributed by atoms with Gasteiger partial charge in [-0.05, 0) is 42.5 Å². The minimum absolute atomic E-state index is 0.346. The minimum atomic E-state index is -0.764. The Labute approximate surface area is 155 Å². The minimum Gasteiger partial charge on any atom is -0.338 e. The van der Waals surface area contributed by atoms with Crippen LogP contribution in [-0.4, -0.2) is 23.5 Å². The highest BCUT2D eigenvalue weighted by Crippen LogP contribution is 2.35. The molecule has 0 saturated heterocycles. The van der Waals surface area contributed by atoms with Crippen molar-refractivity contribution >= 4 is 23.4 Å². The summed E-state index contributed by atoms with van der Waals surface area (Å²) in [6.07, 6.45) is 0. The van der Waals surface area contributed by atoms with Gasteiger partial charge in [-0.25, -0.2) is 14.5 Å². The van der Waals surface area contributed by atoms with Crippen molar-refractivity contribution in [2.24, 2.45) is 0 Å². The largest absolute Gasteiger partial charge is 0.338 e. The lowest BCUT2D eigenvalue weighted by molar-refractivity contribution is 0.173. The molecule has 0 saturated carbocycles. The van der Waals surface area contributed by atoms with Gasteiger partial charge >= 0.3 is 12.1 Å². The number of urea groups is 2. The zero-order chi connectivity index (χ0) is 18.7. The van der Waals surface area contributed by atoms with E-state index < -0.39 is 18.1 Å². The molecule has 132 valence electrons. The molecule has 2 N–H and O–H groups in total. The van der Waals surface area contributed by atoms with Crippen molar-refractivity contribution in [3.8, 4) is 16.5 Å². The zero-order valence-electron chi connectivity index (χ0n) is 14.4. The second-order valence-electron chi connectivity index (χ2n) is 5.79. The summed E-state index contributed by atoms with van der Waals surface area (Å²) in [6.45, 7) is 3.83. The molecule has 1 atom stereocenters. The molecule has 1 aromatic carbocycles. The molecule has 0 fully saturated rings. The Balaban J connectivity index is 2.12. The van der Waals surface area contributed by atoms with Crippen molar-refractivity contribution in [3.05, 3.63) is 58.6 Å². The molecule has 0 aliphatic carbocycles. The third-order valence-corrected chi connectivity index (χ3v) is 5.04. The fourth-order valence-corrected chi connectivity index (χ4v) is 3.67. The van der Waals surface area contributed by atoms with Crippen molar-refractivity contribution < 1.29 is 9.59 Å². The van der Waals surface area contributed by atoms with Crippen molar-refractivity contribution in [1.29, 1.82) is 5.26 Å². The van der Waals surface area contributed by atoms with E-state index in [1.165, 1.54) is 0 Å². The topological polar surface area (TPSA) is 85.2 Å². The van der Waals surface area contributed by atoms with E-state index in [1.54, 1.807) is 25.2 Å². The Morgan fingerprint density at radius 1 is 1.38 bits per heavy atom. The van der Waals surface area contributed by atoms with Gasteiger partial charge in [0.25, 0.3) is 0 Å². The van der Waals surface area contributed by atoms with Crippen LogP contribution in [0.4, 0.5) is 9.59 Å². The quantitative estimate of drug-likeness (QED) is 0.861. The standard InChI is InChI=1S/C19H18N4O2S/c1-3-21-18(24)23-17(15(11-20)12(2)22-19(23)25)14-7-4-6-13(10-14)16-8-5-9-26-16/h4-10,17H,3H2,1-2H3,(H,21,24)(H,22,25). The Morgan fingerprint density at radius 3 is 2.85 bits per heavy atom. The summed E-state index contributed by atoms with van der Waals surface area (Å²) >= 11 is 1.61. The number of nitriles is 1. The van der Waals surface area contributed by atoms with E-state index in [0.29, 0.717) is 23.4 Å². The number of imide groups is 1. The number of carbonyl (C=O) groups excluding carboxylic acids is 2. The van der Waals surface area contributed by atoms with E-state index in [1.807, 2.05) is 41.8 Å². The lowest BCUT2D eigenvalue weighted by atomic mass is 9.93. The van der Waals surface area contributed by atoms with Gasteiger partial charge in [-0.3, -0.25) is 0 Å². The number of nitrogens with one attached hydrogen (secondary N) is 2. The lowest BCUT2D eigenvalue weighted by Crippen LogP contribution is -2.53. The Hall–Kier alpha value is -3.11. The summed E-state index contributed by atoms with van der Waals surface area (Å²) < 4.78 is 0. The molecular weight excluding hydrogens is 348 g/mol. The zero-order valence-corrected chi connectivity index (χ0v) is 15.3. The van der Waals surface area contributed by atoms with Gasteiger partial charge in [0.1, 0.15) is 6.04 Å². The van der Waals surface area contributed by atoms with Gasteiger partial charge in [0.15, 0.2) is 0 Å². The number of hydrogen-bond donors (Lipinski definition) is 2. The summed E-state index contributed by atoms with van der Waals surface area (Å²) in [4.78, 5) is 27.1. The maximum absolute atomic E-state index is 12.5. The van der Waals surface area contributed by atoms with Crippen LogP contribution in [0.2, 0.25) is 0 Å². The molecule has 0 spiro atoms. The molecule has 1 aliphatic rings. The molecule has 26 heavy (non-hydrogen) atoms. The number of thiophene rings is 1. The normalized spacial score (nSPS) is 16.9. The van der Waals surface area contributed by atoms with Crippen LogP contribution in [0.25, 0.3) is 10.4 Å². The first-order valence-electron chi connectivity index (χ1n) is 8.19. The molecular formula is C19H18N4O2S. The monoisotopic (exact) mass is 366 g/mol. The van der Waals surface area contributed by atoms with Gasteiger partial charge < -0.3 is 10.6 Å². The summed E-state index contributed by atoms with van der Waals surface area (Å²) in [7, 11) is 0. The average molecular weight is 366 g/mol. The maximum Gasteiger partial charge on any atom is 0.330 e. The Morgan fingerprint density at radius 2 is 2.19 bits per heavy atom. The van der Waals surface area contributed by atoms with Crippen LogP contribution < -0.4 is 10.6 Å². The summed E-state index contributed by atoms with van der Waals surface area (Å²) in [5.74, 6) is 0. The van der Waals surface area contributed by atoms with Gasteiger partial charge in [-0.15, -0.1) is 11.3 Å². The van der Waals surface area contributed by atoms with Crippen molar-refractivity contribution in [1.82, 2.24) is 15.5 Å². The molecule has 7 heteroatoms. The molecule has 6 nitrogen and oxygen atoms in total. The average Bonchev–Trinajstić information content (AvgIpc) is 3.16. The molecule has 2 aromatic rings. The van der Waals surface area contributed by atoms with Gasteiger partial charge in [0.2, 0.25) is 0 Å². The predicted molar refractivity (Wildman–Crippen MR) is 100 cm³/mol. The summed E-state index contributed by atoms with van der Waals surface area (Å²) in [6, 6.07) is 11.9. The fourth-order valence-electron chi connectivity index (χ4n) is 2.95. The first-order chi connectivity index (χ1) is 12.6. The maximum atomic E-state index is 12.5. The molecule has 1 aliphatic heterocycles. The van der Waals surface area contributed by atoms with Crippen LogP contribution in [0.3, 0.4) is 0 Å². The fraction of sp³-hybridized carbons (Fsp3) is 0.211. The van der Waals surface area contributed by atoms with Crippen molar-refractivity contribution in [3.63, 3.8) is 0 Å². The lowest BCUT2D eigenvalue weighted by Gasteiger charge is -2.35. The third kappa shape index (κ3) is 3.19. The predicted octanol–water partition coefficient (Wildman–Crippen LogP) is 4.01. The highest BCUT2D eigenvalue weighted by atomic mass is 32.1. The number of carbonyl (C=O) groups is 2. The van der Waals surface area contributed by atoms with Crippen LogP contribution in [0.1, 0.15) is 25.5 Å². The SMILES string of the molecule is CCNC(=O)N1C(=O)NC(C)=C(C#N)C1c1cccc(-c2cccs2)c1. The van der Waals surface area contributed by atoms with Gasteiger partial charge in [-0.1, -0.05) is 24.3 Å². The van der Waals surface area contributed by atoms with Crippen LogP contribution in [0.5, 0.6) is 0 Å². The second-order valence-corrected chi connectivity index (χ2v) is 6.74. The Bertz CT molecular complexity index is 912. The first-order valence-corrected chi connectivity index (χ1v) is 9.07. The molecule has 1 unspecified atom stereocenters. The van der Waals surface area contributed by atoms with E-state index in [0.717, 1.165) is 15.3 Å². The van der Waals surface area contributed by atoms with E-state index in [2.05, 4.69) is 16.7 Å². The highest BCUT2D eigenvalue weighted by molar-refractivity contribution is 7.13. The van der Waals surface area contributed by atoms with E-state index >= 15 is 0 Å². The number of nitrogens with zero attached hydrogens (tertiary/aromatic N) is 2. The van der Waals surface area contributed by atoms with Crippen LogP contribution in [0, 0.1) is 11.3 Å². The summed E-state index contributed by atoms with van der Waals surface area (Å²) in [5, 5.41) is 16.9. The van der Waals surface area contributed by atoms with E-state index in [-0.39, 0.29) is 0 Å². The Kier molecular flexibility index (Phi) is 5.05. The van der Waals surface area contributed by atoms with Gasteiger partial charge in [0, 0.05) is 17.1 Å². The van der Waals surface area contributed by atoms with Crippen LogP contribution in [0.15, 0.2) is 53.0 Å². The number of allylic oxidation sites excluding steroid dienone is 1. The second kappa shape index (κ2) is 7.42. The highest BCUT2D eigenvalue weighted by Gasteiger charge is 2.38. The number of hydrogen-bond acceptors (Lipinski definition) is 4. The van der Waals surface area contributed by atoms with Crippen molar-refractivity contribution in [2.75, 3.05) is 6.54 Å². The number of amides is 4. The molecule has 3 rings (SSSR count). The van der Waals surface area contributed by atoms with Crippen LogP contribution >= 0.6 is 11.3 Å². The van der Waals surface area contributed by atoms with Crippen LogP contribution in [-0.2, 0) is 0 Å².